The van der Waals surface area contributed by atoms with E-state index in [1.807, 2.05) is 0 Å². The summed E-state index contributed by atoms with van der Waals surface area (Å²) in [4.78, 5) is 11.9. The Labute approximate surface area is 129 Å². The lowest BCUT2D eigenvalue weighted by molar-refractivity contribution is 0.0957. The number of amides is 1. The Morgan fingerprint density at radius 2 is 1.95 bits per heavy atom. The number of anilines is 1. The molecule has 116 valence electrons. The van der Waals surface area contributed by atoms with Gasteiger partial charge in [-0.05, 0) is 12.1 Å². The molecule has 0 radical (unpaired) electrons. The number of carbonyl (C=O) groups excluding carboxylic acids is 1. The average Bonchev–Trinajstić information content (AvgIpc) is 2.48. The largest absolute Gasteiger partial charge is 0.398 e. The second-order valence-corrected chi connectivity index (χ2v) is 7.98. The molecule has 1 aliphatic heterocycles. The van der Waals surface area contributed by atoms with E-state index in [0.29, 0.717) is 24.3 Å². The molecule has 8 heteroatoms. The van der Waals surface area contributed by atoms with E-state index in [4.69, 9.17) is 5.73 Å². The molecule has 0 atom stereocenters. The summed E-state index contributed by atoms with van der Waals surface area (Å²) in [6.45, 7) is 1.18. The monoisotopic (exact) mass is 329 g/mol. The van der Waals surface area contributed by atoms with Crippen LogP contribution in [0.15, 0.2) is 24.3 Å². The fourth-order valence-corrected chi connectivity index (χ4v) is 4.54. The van der Waals surface area contributed by atoms with Crippen molar-refractivity contribution in [3.05, 3.63) is 29.8 Å². The van der Waals surface area contributed by atoms with Crippen molar-refractivity contribution in [3.8, 4) is 0 Å². The van der Waals surface area contributed by atoms with E-state index in [-0.39, 0.29) is 18.2 Å². The van der Waals surface area contributed by atoms with Crippen LogP contribution in [0.1, 0.15) is 10.4 Å². The lowest BCUT2D eigenvalue weighted by atomic mass is 10.2. The molecule has 0 spiro atoms. The zero-order valence-corrected chi connectivity index (χ0v) is 13.3. The molecule has 1 aliphatic rings. The Bertz CT molecular complexity index is 598. The molecule has 1 amide bonds. The number of nitrogens with zero attached hydrogens (tertiary/aromatic N) is 1. The van der Waals surface area contributed by atoms with Crippen LogP contribution < -0.4 is 11.1 Å². The van der Waals surface area contributed by atoms with Crippen molar-refractivity contribution >= 4 is 33.4 Å². The lowest BCUT2D eigenvalue weighted by Gasteiger charge is -2.25. The quantitative estimate of drug-likeness (QED) is 0.762. The van der Waals surface area contributed by atoms with Gasteiger partial charge in [-0.3, -0.25) is 4.79 Å². The first-order chi connectivity index (χ1) is 10.0. The Kier molecular flexibility index (Phi) is 5.49. The summed E-state index contributed by atoms with van der Waals surface area (Å²) in [5.74, 6) is 1.21. The predicted molar refractivity (Wildman–Crippen MR) is 85.9 cm³/mol. The number of nitrogen functional groups attached to an aromatic ring is 1. The highest BCUT2D eigenvalue weighted by Crippen LogP contribution is 2.13. The summed E-state index contributed by atoms with van der Waals surface area (Å²) in [6.07, 6.45) is 0. The van der Waals surface area contributed by atoms with E-state index < -0.39 is 10.0 Å². The van der Waals surface area contributed by atoms with E-state index >= 15 is 0 Å². The van der Waals surface area contributed by atoms with Gasteiger partial charge in [-0.15, -0.1) is 0 Å². The van der Waals surface area contributed by atoms with Crippen molar-refractivity contribution in [3.63, 3.8) is 0 Å². The van der Waals surface area contributed by atoms with Crippen LogP contribution in [-0.2, 0) is 10.0 Å². The zero-order chi connectivity index (χ0) is 15.3. The highest BCUT2D eigenvalue weighted by molar-refractivity contribution is 7.99. The summed E-state index contributed by atoms with van der Waals surface area (Å²) in [5.41, 5.74) is 6.45. The van der Waals surface area contributed by atoms with E-state index in [1.54, 1.807) is 36.0 Å². The number of sulfonamides is 1. The van der Waals surface area contributed by atoms with Gasteiger partial charge < -0.3 is 11.1 Å². The number of nitrogens with one attached hydrogen (secondary N) is 1. The number of benzene rings is 1. The maximum absolute atomic E-state index is 12.1. The molecule has 1 fully saturated rings. The van der Waals surface area contributed by atoms with Crippen molar-refractivity contribution in [1.29, 1.82) is 0 Å². The summed E-state index contributed by atoms with van der Waals surface area (Å²) >= 11 is 1.75. The summed E-state index contributed by atoms with van der Waals surface area (Å²) < 4.78 is 25.7. The van der Waals surface area contributed by atoms with Crippen LogP contribution >= 0.6 is 11.8 Å². The molecular weight excluding hydrogens is 310 g/mol. The molecule has 1 aromatic carbocycles. The minimum Gasteiger partial charge on any atom is -0.398 e. The second kappa shape index (κ2) is 7.15. The lowest BCUT2D eigenvalue weighted by Crippen LogP contribution is -2.41. The molecule has 0 unspecified atom stereocenters. The highest BCUT2D eigenvalue weighted by atomic mass is 32.2. The van der Waals surface area contributed by atoms with E-state index in [1.165, 1.54) is 4.31 Å². The molecule has 21 heavy (non-hydrogen) atoms. The molecule has 3 N–H and O–H groups in total. The number of rotatable bonds is 5. The van der Waals surface area contributed by atoms with Gasteiger partial charge in [-0.2, -0.15) is 11.8 Å². The van der Waals surface area contributed by atoms with Gasteiger partial charge >= 0.3 is 0 Å². The number of carbonyl (C=O) groups is 1. The first-order valence-corrected chi connectivity index (χ1v) is 9.45. The van der Waals surface area contributed by atoms with Crippen LogP contribution in [0.5, 0.6) is 0 Å². The fourth-order valence-electron chi connectivity index (χ4n) is 2.05. The van der Waals surface area contributed by atoms with Crippen LogP contribution in [0, 0.1) is 0 Å². The molecule has 0 aromatic heterocycles. The van der Waals surface area contributed by atoms with E-state index in [9.17, 15) is 13.2 Å². The SMILES string of the molecule is Nc1ccccc1C(=O)NCCS(=O)(=O)N1CCSCC1. The van der Waals surface area contributed by atoms with Gasteiger partial charge in [0.15, 0.2) is 0 Å². The Balaban J connectivity index is 1.86. The third-order valence-electron chi connectivity index (χ3n) is 3.21. The number of thioether (sulfide) groups is 1. The molecule has 0 aliphatic carbocycles. The number of hydrogen-bond donors (Lipinski definition) is 2. The fraction of sp³-hybridized carbons (Fsp3) is 0.462. The predicted octanol–water partition coefficient (Wildman–Crippen LogP) is 0.377. The van der Waals surface area contributed by atoms with Crippen molar-refractivity contribution < 1.29 is 13.2 Å². The molecule has 6 nitrogen and oxygen atoms in total. The summed E-state index contributed by atoms with van der Waals surface area (Å²) in [5, 5.41) is 2.61. The van der Waals surface area contributed by atoms with Crippen LogP contribution in [0.2, 0.25) is 0 Å². The first kappa shape index (κ1) is 16.1. The van der Waals surface area contributed by atoms with Crippen molar-refractivity contribution in [2.24, 2.45) is 0 Å². The van der Waals surface area contributed by atoms with E-state index in [2.05, 4.69) is 5.32 Å². The normalized spacial score (nSPS) is 16.6. The maximum atomic E-state index is 12.1. The smallest absolute Gasteiger partial charge is 0.253 e. The van der Waals surface area contributed by atoms with Crippen molar-refractivity contribution in [1.82, 2.24) is 9.62 Å². The molecule has 1 saturated heterocycles. The van der Waals surface area contributed by atoms with Crippen LogP contribution in [0.4, 0.5) is 5.69 Å². The molecule has 2 rings (SSSR count). The molecule has 0 bridgehead atoms. The van der Waals surface area contributed by atoms with Crippen LogP contribution in [-0.4, -0.2) is 55.5 Å². The minimum absolute atomic E-state index is 0.0825. The number of nitrogens with two attached hydrogens (primary N) is 1. The third-order valence-corrected chi connectivity index (χ3v) is 6.03. The van der Waals surface area contributed by atoms with Gasteiger partial charge in [0.2, 0.25) is 10.0 Å². The van der Waals surface area contributed by atoms with Crippen LogP contribution in [0.25, 0.3) is 0 Å². The Morgan fingerprint density at radius 1 is 1.29 bits per heavy atom. The van der Waals surface area contributed by atoms with Gasteiger partial charge in [-0.25, -0.2) is 12.7 Å². The van der Waals surface area contributed by atoms with Crippen LogP contribution in [0.3, 0.4) is 0 Å². The molecule has 1 aromatic rings. The number of hydrogen-bond acceptors (Lipinski definition) is 5. The highest BCUT2D eigenvalue weighted by Gasteiger charge is 2.23. The molecular formula is C13H19N3O3S2. The van der Waals surface area contributed by atoms with Crippen molar-refractivity contribution in [2.75, 3.05) is 42.6 Å². The topological polar surface area (TPSA) is 92.5 Å². The third kappa shape index (κ3) is 4.36. The van der Waals surface area contributed by atoms with Gasteiger partial charge in [0.25, 0.3) is 5.91 Å². The zero-order valence-electron chi connectivity index (χ0n) is 11.6. The standard InChI is InChI=1S/C13H19N3O3S2/c14-12-4-2-1-3-11(12)13(17)15-5-10-21(18,19)16-6-8-20-9-7-16/h1-4H,5-10,14H2,(H,15,17). The van der Waals surface area contributed by atoms with Gasteiger partial charge in [0, 0.05) is 36.8 Å². The summed E-state index contributed by atoms with van der Waals surface area (Å²) in [7, 11) is -3.30. The second-order valence-electron chi connectivity index (χ2n) is 4.67. The number of para-hydroxylation sites is 1. The average molecular weight is 329 g/mol. The maximum Gasteiger partial charge on any atom is 0.253 e. The Hall–Kier alpha value is -1.25. The van der Waals surface area contributed by atoms with Gasteiger partial charge in [0.05, 0.1) is 11.3 Å². The first-order valence-electron chi connectivity index (χ1n) is 6.69. The Morgan fingerprint density at radius 3 is 2.62 bits per heavy atom. The molecule has 1 heterocycles. The minimum atomic E-state index is -3.30. The molecule has 0 saturated carbocycles. The van der Waals surface area contributed by atoms with E-state index in [0.717, 1.165) is 11.5 Å². The summed E-state index contributed by atoms with van der Waals surface area (Å²) in [6, 6.07) is 6.70. The van der Waals surface area contributed by atoms with Gasteiger partial charge in [-0.1, -0.05) is 12.1 Å². The van der Waals surface area contributed by atoms with Gasteiger partial charge in [0.1, 0.15) is 0 Å². The van der Waals surface area contributed by atoms with Crippen molar-refractivity contribution in [2.45, 2.75) is 0 Å².